The Hall–Kier alpha value is -2.82. The fourth-order valence-corrected chi connectivity index (χ4v) is 4.41. The van der Waals surface area contributed by atoms with Crippen LogP contribution < -0.4 is 14.8 Å². The number of pyridine rings is 2. The summed E-state index contributed by atoms with van der Waals surface area (Å²) < 4.78 is 16.7. The molecule has 1 N–H and O–H groups in total. The van der Waals surface area contributed by atoms with Gasteiger partial charge in [-0.3, -0.25) is 15.1 Å². The summed E-state index contributed by atoms with van der Waals surface area (Å²) in [4.78, 5) is 21.4. The van der Waals surface area contributed by atoms with E-state index in [0.717, 1.165) is 25.0 Å². The Kier molecular flexibility index (Phi) is 6.83. The summed E-state index contributed by atoms with van der Waals surface area (Å²) in [6.07, 6.45) is 5.93. The molecule has 1 aliphatic carbocycles. The van der Waals surface area contributed by atoms with Gasteiger partial charge in [-0.15, -0.1) is 5.10 Å². The van der Waals surface area contributed by atoms with Gasteiger partial charge in [-0.1, -0.05) is 16.7 Å². The van der Waals surface area contributed by atoms with Gasteiger partial charge in [-0.05, 0) is 43.2 Å². The minimum Gasteiger partial charge on any atom is -0.494 e. The number of amides is 1. The molecule has 11 heteroatoms. The summed E-state index contributed by atoms with van der Waals surface area (Å²) in [6, 6.07) is 3.45. The third-order valence-corrected chi connectivity index (χ3v) is 6.13. The number of rotatable bonds is 7. The summed E-state index contributed by atoms with van der Waals surface area (Å²) in [5, 5.41) is 11.9. The highest BCUT2D eigenvalue weighted by Gasteiger charge is 2.27. The van der Waals surface area contributed by atoms with E-state index in [4.69, 9.17) is 25.8 Å². The molecule has 32 heavy (non-hydrogen) atoms. The lowest BCUT2D eigenvalue weighted by Crippen LogP contribution is -2.14. The van der Waals surface area contributed by atoms with Gasteiger partial charge < -0.3 is 14.2 Å². The third kappa shape index (κ3) is 4.98. The van der Waals surface area contributed by atoms with Gasteiger partial charge in [0.15, 0.2) is 0 Å². The Morgan fingerprint density at radius 3 is 2.69 bits per heavy atom. The SMILES string of the molecule is COc1cnc(Cl)cc1-c1cc(C)ncc1C(=O)Nc1nnc(O[C@@H]2CC[C@@H](OC)C2)s1. The van der Waals surface area contributed by atoms with Crippen molar-refractivity contribution in [2.75, 3.05) is 19.5 Å². The predicted octanol–water partition coefficient (Wildman–Crippen LogP) is 4.16. The molecule has 0 aromatic carbocycles. The van der Waals surface area contributed by atoms with Crippen LogP contribution in [-0.4, -0.2) is 52.5 Å². The number of carbonyl (C=O) groups excluding carboxylic acids is 1. The van der Waals surface area contributed by atoms with E-state index in [0.29, 0.717) is 32.8 Å². The highest BCUT2D eigenvalue weighted by molar-refractivity contribution is 7.17. The van der Waals surface area contributed by atoms with Crippen molar-refractivity contribution in [1.29, 1.82) is 0 Å². The smallest absolute Gasteiger partial charge is 0.296 e. The van der Waals surface area contributed by atoms with Crippen molar-refractivity contribution in [2.45, 2.75) is 38.4 Å². The van der Waals surface area contributed by atoms with Crippen molar-refractivity contribution in [3.05, 3.63) is 40.9 Å². The maximum atomic E-state index is 13.1. The molecule has 3 aromatic heterocycles. The molecule has 0 bridgehead atoms. The number of nitrogens with one attached hydrogen (secondary N) is 1. The van der Waals surface area contributed by atoms with E-state index in [2.05, 4.69) is 25.5 Å². The first-order chi connectivity index (χ1) is 15.5. The van der Waals surface area contributed by atoms with E-state index in [1.807, 2.05) is 6.92 Å². The molecule has 0 aliphatic heterocycles. The summed E-state index contributed by atoms with van der Waals surface area (Å²) in [7, 11) is 3.24. The average molecular weight is 476 g/mol. The summed E-state index contributed by atoms with van der Waals surface area (Å²) in [5.74, 6) is 0.108. The second-order valence-corrected chi connectivity index (χ2v) is 8.64. The minimum absolute atomic E-state index is 0.0354. The first-order valence-electron chi connectivity index (χ1n) is 9.97. The highest BCUT2D eigenvalue weighted by atomic mass is 35.5. The van der Waals surface area contributed by atoms with E-state index in [1.165, 1.54) is 30.8 Å². The molecular weight excluding hydrogens is 454 g/mol. The van der Waals surface area contributed by atoms with Gasteiger partial charge in [0.05, 0.1) is 25.0 Å². The number of anilines is 1. The standard InChI is InChI=1S/C21H22ClN5O4S/c1-11-6-14(15-8-18(22)24-10-17(15)30-3)16(9-23-11)19(28)25-20-26-27-21(32-20)31-13-5-4-12(7-13)29-2/h6,8-10,12-13H,4-5,7H2,1-3H3,(H,25,26,28)/t12-,13-/m1/s1. The van der Waals surface area contributed by atoms with Crippen molar-refractivity contribution in [1.82, 2.24) is 20.2 Å². The second-order valence-electron chi connectivity index (χ2n) is 7.32. The molecule has 0 spiro atoms. The van der Waals surface area contributed by atoms with E-state index in [9.17, 15) is 4.79 Å². The van der Waals surface area contributed by atoms with Gasteiger partial charge in [0.1, 0.15) is 17.0 Å². The number of ether oxygens (including phenoxy) is 3. The Morgan fingerprint density at radius 1 is 1.12 bits per heavy atom. The molecule has 3 aromatic rings. The van der Waals surface area contributed by atoms with Crippen molar-refractivity contribution >= 4 is 34.0 Å². The summed E-state index contributed by atoms with van der Waals surface area (Å²) in [5.41, 5.74) is 2.34. The molecule has 1 saturated carbocycles. The Labute approximate surface area is 194 Å². The first kappa shape index (κ1) is 22.4. The topological polar surface area (TPSA) is 108 Å². The molecular formula is C21H22ClN5O4S. The van der Waals surface area contributed by atoms with Crippen LogP contribution in [0.1, 0.15) is 35.3 Å². The van der Waals surface area contributed by atoms with Gasteiger partial charge >= 0.3 is 0 Å². The van der Waals surface area contributed by atoms with Crippen LogP contribution >= 0.6 is 22.9 Å². The third-order valence-electron chi connectivity index (χ3n) is 5.19. The Morgan fingerprint density at radius 2 is 1.94 bits per heavy atom. The van der Waals surface area contributed by atoms with E-state index < -0.39 is 0 Å². The number of aryl methyl sites for hydroxylation is 1. The lowest BCUT2D eigenvalue weighted by Gasteiger charge is -2.13. The number of hydrogen-bond acceptors (Lipinski definition) is 9. The number of carbonyl (C=O) groups is 1. The summed E-state index contributed by atoms with van der Waals surface area (Å²) in [6.45, 7) is 1.84. The molecule has 9 nitrogen and oxygen atoms in total. The Bertz CT molecular complexity index is 1130. The fourth-order valence-electron chi connectivity index (χ4n) is 3.59. The van der Waals surface area contributed by atoms with Gasteiger partial charge in [0.2, 0.25) is 5.13 Å². The van der Waals surface area contributed by atoms with Crippen LogP contribution in [0.2, 0.25) is 5.15 Å². The first-order valence-corrected chi connectivity index (χ1v) is 11.2. The van der Waals surface area contributed by atoms with Crippen molar-refractivity contribution in [2.24, 2.45) is 0 Å². The van der Waals surface area contributed by atoms with Crippen LogP contribution in [0.3, 0.4) is 0 Å². The van der Waals surface area contributed by atoms with Gasteiger partial charge in [0, 0.05) is 36.5 Å². The molecule has 1 amide bonds. The van der Waals surface area contributed by atoms with Crippen molar-refractivity contribution in [3.63, 3.8) is 0 Å². The highest BCUT2D eigenvalue weighted by Crippen LogP contribution is 2.35. The van der Waals surface area contributed by atoms with Crippen molar-refractivity contribution in [3.8, 4) is 22.1 Å². The maximum Gasteiger partial charge on any atom is 0.296 e. The van der Waals surface area contributed by atoms with Crippen LogP contribution in [-0.2, 0) is 4.74 Å². The number of aromatic nitrogens is 4. The largest absolute Gasteiger partial charge is 0.494 e. The second kappa shape index (κ2) is 9.76. The number of methoxy groups -OCH3 is 2. The zero-order chi connectivity index (χ0) is 22.7. The molecule has 0 radical (unpaired) electrons. The molecule has 4 rings (SSSR count). The lowest BCUT2D eigenvalue weighted by molar-refractivity contribution is 0.0944. The van der Waals surface area contributed by atoms with Gasteiger partial charge in [-0.25, -0.2) is 4.98 Å². The van der Waals surface area contributed by atoms with Gasteiger partial charge in [-0.2, -0.15) is 0 Å². The average Bonchev–Trinajstić information content (AvgIpc) is 3.43. The molecule has 3 heterocycles. The Balaban J connectivity index is 1.54. The lowest BCUT2D eigenvalue weighted by atomic mass is 10.0. The van der Waals surface area contributed by atoms with E-state index >= 15 is 0 Å². The van der Waals surface area contributed by atoms with Crippen LogP contribution in [0.4, 0.5) is 5.13 Å². The van der Waals surface area contributed by atoms with Crippen LogP contribution in [0.15, 0.2) is 24.5 Å². The zero-order valence-electron chi connectivity index (χ0n) is 17.8. The van der Waals surface area contributed by atoms with Gasteiger partial charge in [0.25, 0.3) is 11.1 Å². The number of halogens is 1. The van der Waals surface area contributed by atoms with Crippen LogP contribution in [0, 0.1) is 6.92 Å². The maximum absolute atomic E-state index is 13.1. The number of nitrogens with zero attached hydrogens (tertiary/aromatic N) is 4. The van der Waals surface area contributed by atoms with E-state index in [-0.39, 0.29) is 23.3 Å². The molecule has 0 saturated heterocycles. The fraction of sp³-hybridized carbons (Fsp3) is 0.381. The molecule has 1 aliphatic rings. The quantitative estimate of drug-likeness (QED) is 0.507. The number of hydrogen-bond donors (Lipinski definition) is 1. The van der Waals surface area contributed by atoms with Crippen molar-refractivity contribution < 1.29 is 19.0 Å². The molecule has 1 fully saturated rings. The summed E-state index contributed by atoms with van der Waals surface area (Å²) >= 11 is 7.27. The molecule has 2 atom stereocenters. The van der Waals surface area contributed by atoms with Crippen LogP contribution in [0.25, 0.3) is 11.1 Å². The molecule has 168 valence electrons. The zero-order valence-corrected chi connectivity index (χ0v) is 19.4. The predicted molar refractivity (Wildman–Crippen MR) is 121 cm³/mol. The molecule has 0 unspecified atom stereocenters. The monoisotopic (exact) mass is 475 g/mol. The van der Waals surface area contributed by atoms with E-state index in [1.54, 1.807) is 19.2 Å². The minimum atomic E-state index is -0.384. The van der Waals surface area contributed by atoms with Crippen LogP contribution in [0.5, 0.6) is 10.9 Å². The normalized spacial score (nSPS) is 17.9.